The summed E-state index contributed by atoms with van der Waals surface area (Å²) in [4.78, 5) is 3.91. The Morgan fingerprint density at radius 1 is 1.53 bits per heavy atom. The molecule has 0 spiro atoms. The molecule has 0 aliphatic heterocycles. The summed E-state index contributed by atoms with van der Waals surface area (Å²) in [6.45, 7) is 2.75. The first kappa shape index (κ1) is 13.1. The molecule has 0 saturated heterocycles. The number of aliphatic hydroxyl groups is 1. The van der Waals surface area contributed by atoms with E-state index in [1.165, 1.54) is 6.33 Å². The fraction of sp³-hybridized carbons (Fsp3) is 0.818. The topological polar surface area (TPSA) is 50.9 Å². The second-order valence-corrected chi connectivity index (χ2v) is 5.70. The number of halogens is 2. The molecule has 1 aliphatic carbocycles. The zero-order chi connectivity index (χ0) is 12.5. The van der Waals surface area contributed by atoms with Crippen molar-refractivity contribution in [3.8, 4) is 0 Å². The van der Waals surface area contributed by atoms with Crippen LogP contribution in [-0.4, -0.2) is 37.7 Å². The first-order valence-electron chi connectivity index (χ1n) is 5.73. The molecular weight excluding hydrogens is 261 g/mol. The minimum absolute atomic E-state index is 0.0745. The lowest BCUT2D eigenvalue weighted by Gasteiger charge is -2.30. The van der Waals surface area contributed by atoms with Crippen molar-refractivity contribution in [2.24, 2.45) is 17.3 Å². The van der Waals surface area contributed by atoms with Gasteiger partial charge in [-0.15, -0.1) is 23.2 Å². The normalized spacial score (nSPS) is 37.5. The number of aliphatic hydroxyl groups excluding tert-OH is 1. The third-order valence-corrected chi connectivity index (χ3v) is 4.88. The van der Waals surface area contributed by atoms with Crippen LogP contribution >= 0.6 is 23.2 Å². The molecule has 0 radical (unpaired) electrons. The summed E-state index contributed by atoms with van der Waals surface area (Å²) in [6.07, 6.45) is 3.61. The summed E-state index contributed by atoms with van der Waals surface area (Å²) < 4.78 is 1.75. The average Bonchev–Trinajstić information content (AvgIpc) is 2.91. The fourth-order valence-corrected chi connectivity index (χ4v) is 3.37. The van der Waals surface area contributed by atoms with E-state index < -0.39 is 6.10 Å². The van der Waals surface area contributed by atoms with E-state index in [0.717, 1.165) is 6.42 Å². The second-order valence-electron chi connectivity index (χ2n) is 5.12. The Labute approximate surface area is 111 Å². The van der Waals surface area contributed by atoms with Crippen LogP contribution in [-0.2, 0) is 6.54 Å². The Bertz CT molecular complexity index is 360. The molecule has 1 heterocycles. The number of aromatic nitrogens is 3. The highest BCUT2D eigenvalue weighted by Gasteiger charge is 2.49. The fourth-order valence-electron chi connectivity index (χ4n) is 2.77. The van der Waals surface area contributed by atoms with E-state index in [1.54, 1.807) is 11.0 Å². The van der Waals surface area contributed by atoms with Crippen LogP contribution < -0.4 is 0 Å². The van der Waals surface area contributed by atoms with Gasteiger partial charge in [-0.2, -0.15) is 5.10 Å². The third kappa shape index (κ3) is 2.44. The van der Waals surface area contributed by atoms with Gasteiger partial charge in [0.2, 0.25) is 0 Å². The van der Waals surface area contributed by atoms with Crippen molar-refractivity contribution >= 4 is 23.2 Å². The molecule has 2 rings (SSSR count). The van der Waals surface area contributed by atoms with Crippen molar-refractivity contribution in [2.45, 2.75) is 26.0 Å². The van der Waals surface area contributed by atoms with E-state index in [0.29, 0.717) is 18.3 Å². The molecule has 6 heteroatoms. The van der Waals surface area contributed by atoms with Gasteiger partial charge in [-0.1, -0.05) is 6.92 Å². The summed E-state index contributed by atoms with van der Waals surface area (Å²) in [5, 5.41) is 14.4. The van der Waals surface area contributed by atoms with Crippen LogP contribution in [0, 0.1) is 17.3 Å². The van der Waals surface area contributed by atoms with Crippen LogP contribution in [0.2, 0.25) is 0 Å². The molecule has 1 saturated carbocycles. The largest absolute Gasteiger partial charge is 0.392 e. The van der Waals surface area contributed by atoms with Gasteiger partial charge < -0.3 is 5.11 Å². The second kappa shape index (κ2) is 5.12. The Morgan fingerprint density at radius 3 is 2.82 bits per heavy atom. The highest BCUT2D eigenvalue weighted by Crippen LogP contribution is 2.48. The van der Waals surface area contributed by atoms with Gasteiger partial charge in [0.05, 0.1) is 6.10 Å². The van der Waals surface area contributed by atoms with Crippen LogP contribution in [0.4, 0.5) is 0 Å². The van der Waals surface area contributed by atoms with Gasteiger partial charge in [0.15, 0.2) is 0 Å². The molecular formula is C11H17Cl2N3O. The molecule has 4 nitrogen and oxygen atoms in total. The molecule has 96 valence electrons. The lowest BCUT2D eigenvalue weighted by Crippen LogP contribution is -2.34. The Kier molecular flexibility index (Phi) is 3.95. The molecule has 4 unspecified atom stereocenters. The standard InChI is InChI=1S/C11H17Cl2N3O/c1-11(5-13)2-8(3-12)10(17)9(11)4-16-7-14-6-15-16/h6-10,17H,2-5H2,1H3. The maximum absolute atomic E-state index is 10.3. The summed E-state index contributed by atoms with van der Waals surface area (Å²) in [6, 6.07) is 0. The van der Waals surface area contributed by atoms with Crippen LogP contribution in [0.15, 0.2) is 12.7 Å². The zero-order valence-corrected chi connectivity index (χ0v) is 11.3. The van der Waals surface area contributed by atoms with E-state index in [1.807, 2.05) is 0 Å². The molecule has 0 amide bonds. The molecule has 1 aliphatic rings. The Morgan fingerprint density at radius 2 is 2.29 bits per heavy atom. The van der Waals surface area contributed by atoms with E-state index in [2.05, 4.69) is 17.0 Å². The highest BCUT2D eigenvalue weighted by atomic mass is 35.5. The molecule has 0 bridgehead atoms. The zero-order valence-electron chi connectivity index (χ0n) is 9.76. The minimum atomic E-state index is -0.416. The average molecular weight is 278 g/mol. The van der Waals surface area contributed by atoms with Crippen molar-refractivity contribution in [2.75, 3.05) is 11.8 Å². The van der Waals surface area contributed by atoms with Gasteiger partial charge in [-0.25, -0.2) is 4.98 Å². The molecule has 1 aromatic heterocycles. The predicted octanol–water partition coefficient (Wildman–Crippen LogP) is 1.76. The molecule has 17 heavy (non-hydrogen) atoms. The smallest absolute Gasteiger partial charge is 0.137 e. The number of nitrogens with zero attached hydrogens (tertiary/aromatic N) is 3. The van der Waals surface area contributed by atoms with Gasteiger partial charge in [-0.05, 0) is 17.8 Å². The number of hydrogen-bond acceptors (Lipinski definition) is 3. The van der Waals surface area contributed by atoms with Gasteiger partial charge >= 0.3 is 0 Å². The summed E-state index contributed by atoms with van der Waals surface area (Å²) in [7, 11) is 0. The van der Waals surface area contributed by atoms with Crippen LogP contribution in [0.3, 0.4) is 0 Å². The van der Waals surface area contributed by atoms with Crippen molar-refractivity contribution in [3.05, 3.63) is 12.7 Å². The van der Waals surface area contributed by atoms with E-state index in [4.69, 9.17) is 23.2 Å². The lowest BCUT2D eigenvalue weighted by atomic mass is 9.81. The quantitative estimate of drug-likeness (QED) is 0.854. The monoisotopic (exact) mass is 277 g/mol. The number of hydrogen-bond donors (Lipinski definition) is 1. The molecule has 0 aromatic carbocycles. The molecule has 4 atom stereocenters. The summed E-state index contributed by atoms with van der Waals surface area (Å²) >= 11 is 12.0. The van der Waals surface area contributed by atoms with Gasteiger partial charge in [0, 0.05) is 24.2 Å². The number of alkyl halides is 2. The lowest BCUT2D eigenvalue weighted by molar-refractivity contribution is 0.0624. The maximum Gasteiger partial charge on any atom is 0.137 e. The summed E-state index contributed by atoms with van der Waals surface area (Å²) in [5.41, 5.74) is -0.0908. The molecule has 1 aromatic rings. The van der Waals surface area contributed by atoms with E-state index in [-0.39, 0.29) is 17.3 Å². The first-order chi connectivity index (χ1) is 8.10. The van der Waals surface area contributed by atoms with Crippen molar-refractivity contribution < 1.29 is 5.11 Å². The van der Waals surface area contributed by atoms with Gasteiger partial charge in [0.25, 0.3) is 0 Å². The predicted molar refractivity (Wildman–Crippen MR) is 67.2 cm³/mol. The van der Waals surface area contributed by atoms with Crippen LogP contribution in [0.1, 0.15) is 13.3 Å². The van der Waals surface area contributed by atoms with Gasteiger partial charge in [0.1, 0.15) is 12.7 Å². The van der Waals surface area contributed by atoms with E-state index in [9.17, 15) is 5.11 Å². The maximum atomic E-state index is 10.3. The molecule has 1 N–H and O–H groups in total. The first-order valence-corrected chi connectivity index (χ1v) is 6.80. The van der Waals surface area contributed by atoms with Gasteiger partial charge in [-0.3, -0.25) is 4.68 Å². The minimum Gasteiger partial charge on any atom is -0.392 e. The Balaban J connectivity index is 2.17. The van der Waals surface area contributed by atoms with Crippen molar-refractivity contribution in [1.29, 1.82) is 0 Å². The Hall–Kier alpha value is -0.320. The third-order valence-electron chi connectivity index (χ3n) is 3.87. The number of rotatable bonds is 4. The van der Waals surface area contributed by atoms with E-state index >= 15 is 0 Å². The molecule has 1 fully saturated rings. The highest BCUT2D eigenvalue weighted by molar-refractivity contribution is 6.18. The summed E-state index contributed by atoms with van der Waals surface area (Å²) in [5.74, 6) is 1.19. The van der Waals surface area contributed by atoms with Crippen molar-refractivity contribution in [3.63, 3.8) is 0 Å². The van der Waals surface area contributed by atoms with Crippen molar-refractivity contribution in [1.82, 2.24) is 14.8 Å². The van der Waals surface area contributed by atoms with Crippen LogP contribution in [0.5, 0.6) is 0 Å². The van der Waals surface area contributed by atoms with Crippen LogP contribution in [0.25, 0.3) is 0 Å². The SMILES string of the molecule is CC1(CCl)CC(CCl)C(O)C1Cn1cncn1.